The van der Waals surface area contributed by atoms with Gasteiger partial charge in [0, 0.05) is 12.4 Å². The Morgan fingerprint density at radius 3 is 2.19 bits per heavy atom. The lowest BCUT2D eigenvalue weighted by atomic mass is 10.2. The molecule has 0 atom stereocenters. The number of allylic oxidation sites excluding steroid dienone is 1. The second kappa shape index (κ2) is 13.3. The number of rotatable bonds is 4. The van der Waals surface area contributed by atoms with Gasteiger partial charge in [-0.05, 0) is 49.3 Å². The van der Waals surface area contributed by atoms with E-state index in [9.17, 15) is 4.79 Å². The Morgan fingerprint density at radius 2 is 1.86 bits per heavy atom. The highest BCUT2D eigenvalue weighted by Crippen LogP contribution is 2.07. The van der Waals surface area contributed by atoms with Gasteiger partial charge in [0.05, 0.1) is 12.5 Å². The van der Waals surface area contributed by atoms with Crippen molar-refractivity contribution in [2.24, 2.45) is 0 Å². The largest absolute Gasteiger partial charge is 0.468 e. The Kier molecular flexibility index (Phi) is 12.2. The van der Waals surface area contributed by atoms with Gasteiger partial charge >= 0.3 is 0 Å². The molecule has 0 amide bonds. The first kappa shape index (κ1) is 19.3. The summed E-state index contributed by atoms with van der Waals surface area (Å²) < 4.78 is 9.94. The van der Waals surface area contributed by atoms with Gasteiger partial charge in [-0.1, -0.05) is 6.92 Å². The number of aliphatic hydroxyl groups is 1. The molecule has 4 nitrogen and oxygen atoms in total. The van der Waals surface area contributed by atoms with Gasteiger partial charge < -0.3 is 13.9 Å². The zero-order valence-electron chi connectivity index (χ0n) is 12.4. The van der Waals surface area contributed by atoms with Crippen molar-refractivity contribution >= 4 is 25.0 Å². The van der Waals surface area contributed by atoms with E-state index >= 15 is 0 Å². The standard InChI is InChI=1S/C9H10O2.C5H6OS.C2H6O/c1-2-8(7-10)6-9-4-3-5-11-9;7-4-5-2-1-3-6-5;1-2-3/h3-7H,2H2,1H3;1-3,7H,4H2;3H,2H2,1H3. The monoisotopic (exact) mass is 310 g/mol. The third-order valence-corrected chi connectivity index (χ3v) is 2.48. The van der Waals surface area contributed by atoms with Crippen LogP contribution in [0.15, 0.2) is 51.2 Å². The van der Waals surface area contributed by atoms with Crippen LogP contribution in [0.25, 0.3) is 6.08 Å². The number of hydrogen-bond donors (Lipinski definition) is 2. The molecule has 0 radical (unpaired) electrons. The Balaban J connectivity index is 0.000000342. The molecule has 0 bridgehead atoms. The molecule has 2 heterocycles. The van der Waals surface area contributed by atoms with Crippen molar-refractivity contribution in [2.45, 2.75) is 26.0 Å². The molecule has 2 aromatic heterocycles. The number of hydrogen-bond acceptors (Lipinski definition) is 5. The third kappa shape index (κ3) is 9.76. The fourth-order valence-corrected chi connectivity index (χ4v) is 1.36. The predicted octanol–water partition coefficient (Wildman–Crippen LogP) is 3.98. The first-order valence-corrected chi connectivity index (χ1v) is 7.28. The van der Waals surface area contributed by atoms with E-state index in [4.69, 9.17) is 13.9 Å². The SMILES string of the molecule is CCC(C=O)=Cc1ccco1.CCO.SCc1ccco1. The van der Waals surface area contributed by atoms with Crippen molar-refractivity contribution in [3.63, 3.8) is 0 Å². The van der Waals surface area contributed by atoms with Crippen LogP contribution >= 0.6 is 12.6 Å². The maximum atomic E-state index is 10.4. The lowest BCUT2D eigenvalue weighted by Crippen LogP contribution is -1.79. The average molecular weight is 310 g/mol. The molecule has 2 rings (SSSR count). The number of thiol groups is 1. The van der Waals surface area contributed by atoms with Crippen LogP contribution in [0.3, 0.4) is 0 Å². The van der Waals surface area contributed by atoms with Crippen LogP contribution in [-0.2, 0) is 10.5 Å². The summed E-state index contributed by atoms with van der Waals surface area (Å²) >= 11 is 3.98. The molecule has 0 spiro atoms. The highest BCUT2D eigenvalue weighted by Gasteiger charge is 1.93. The molecule has 2 aromatic rings. The number of aliphatic hydroxyl groups excluding tert-OH is 1. The molecule has 0 aliphatic heterocycles. The molecule has 0 saturated carbocycles. The van der Waals surface area contributed by atoms with Crippen LogP contribution in [-0.4, -0.2) is 18.0 Å². The van der Waals surface area contributed by atoms with E-state index in [1.807, 2.05) is 25.1 Å². The predicted molar refractivity (Wildman–Crippen MR) is 87.2 cm³/mol. The molecule has 1 N–H and O–H groups in total. The molecule has 5 heteroatoms. The fourth-order valence-electron chi connectivity index (χ4n) is 1.18. The van der Waals surface area contributed by atoms with Gasteiger partial charge in [-0.15, -0.1) is 0 Å². The second-order valence-electron chi connectivity index (χ2n) is 3.76. The molecule has 0 aliphatic rings. The Labute approximate surface area is 130 Å². The van der Waals surface area contributed by atoms with Crippen LogP contribution in [0.1, 0.15) is 31.8 Å². The van der Waals surface area contributed by atoms with Gasteiger partial charge in [-0.2, -0.15) is 12.6 Å². The molecule has 0 saturated heterocycles. The topological polar surface area (TPSA) is 63.6 Å². The highest BCUT2D eigenvalue weighted by molar-refractivity contribution is 7.79. The molecule has 0 unspecified atom stereocenters. The van der Waals surface area contributed by atoms with Gasteiger partial charge in [0.2, 0.25) is 0 Å². The van der Waals surface area contributed by atoms with Crippen LogP contribution in [0, 0.1) is 0 Å². The summed E-state index contributed by atoms with van der Waals surface area (Å²) in [5.74, 6) is 2.34. The summed E-state index contributed by atoms with van der Waals surface area (Å²) in [6, 6.07) is 7.36. The average Bonchev–Trinajstić information content (AvgIpc) is 3.19. The van der Waals surface area contributed by atoms with Crippen LogP contribution in [0.5, 0.6) is 0 Å². The first-order chi connectivity index (χ1) is 10.2. The second-order valence-corrected chi connectivity index (χ2v) is 4.08. The maximum Gasteiger partial charge on any atom is 0.146 e. The van der Waals surface area contributed by atoms with Gasteiger partial charge in [0.25, 0.3) is 0 Å². The van der Waals surface area contributed by atoms with Crippen LogP contribution in [0.4, 0.5) is 0 Å². The van der Waals surface area contributed by atoms with Gasteiger partial charge in [0.15, 0.2) is 0 Å². The van der Waals surface area contributed by atoms with Crippen molar-refractivity contribution in [3.8, 4) is 0 Å². The van der Waals surface area contributed by atoms with Crippen molar-refractivity contribution in [1.82, 2.24) is 0 Å². The first-order valence-electron chi connectivity index (χ1n) is 6.65. The van der Waals surface area contributed by atoms with E-state index in [-0.39, 0.29) is 6.61 Å². The van der Waals surface area contributed by atoms with E-state index in [2.05, 4.69) is 12.6 Å². The molecular weight excluding hydrogens is 288 g/mol. The summed E-state index contributed by atoms with van der Waals surface area (Å²) in [6.45, 7) is 3.86. The maximum absolute atomic E-state index is 10.4. The normalized spacial score (nSPS) is 10.0. The highest BCUT2D eigenvalue weighted by atomic mass is 32.1. The lowest BCUT2D eigenvalue weighted by Gasteiger charge is -1.89. The third-order valence-electron chi connectivity index (χ3n) is 2.17. The van der Waals surface area contributed by atoms with E-state index in [0.717, 1.165) is 29.8 Å². The van der Waals surface area contributed by atoms with Crippen molar-refractivity contribution in [1.29, 1.82) is 0 Å². The van der Waals surface area contributed by atoms with Crippen molar-refractivity contribution in [2.75, 3.05) is 6.61 Å². The Bertz CT molecular complexity index is 472. The zero-order chi connectivity index (χ0) is 15.9. The molecule has 0 aromatic carbocycles. The van der Waals surface area contributed by atoms with E-state index in [1.54, 1.807) is 31.6 Å². The summed E-state index contributed by atoms with van der Waals surface area (Å²) in [4.78, 5) is 10.4. The van der Waals surface area contributed by atoms with Crippen LogP contribution < -0.4 is 0 Å². The summed E-state index contributed by atoms with van der Waals surface area (Å²) in [7, 11) is 0. The molecule has 21 heavy (non-hydrogen) atoms. The lowest BCUT2D eigenvalue weighted by molar-refractivity contribution is -0.104. The molecule has 0 aliphatic carbocycles. The quantitative estimate of drug-likeness (QED) is 0.509. The van der Waals surface area contributed by atoms with E-state index in [1.165, 1.54) is 0 Å². The molecular formula is C16H22O4S. The molecule has 0 fully saturated rings. The zero-order valence-corrected chi connectivity index (χ0v) is 13.3. The number of carbonyl (C=O) groups excluding carboxylic acids is 1. The minimum Gasteiger partial charge on any atom is -0.468 e. The summed E-state index contributed by atoms with van der Waals surface area (Å²) in [6.07, 6.45) is 6.56. The fraction of sp³-hybridized carbons (Fsp3) is 0.312. The van der Waals surface area contributed by atoms with Gasteiger partial charge in [0.1, 0.15) is 17.8 Å². The van der Waals surface area contributed by atoms with Gasteiger partial charge in [-0.25, -0.2) is 0 Å². The number of furan rings is 2. The summed E-state index contributed by atoms with van der Waals surface area (Å²) in [5, 5.41) is 7.57. The Morgan fingerprint density at radius 1 is 1.24 bits per heavy atom. The smallest absolute Gasteiger partial charge is 0.146 e. The van der Waals surface area contributed by atoms with Gasteiger partial charge in [-0.3, -0.25) is 4.79 Å². The minimum absolute atomic E-state index is 0.250. The van der Waals surface area contributed by atoms with Crippen LogP contribution in [0.2, 0.25) is 0 Å². The van der Waals surface area contributed by atoms with E-state index in [0.29, 0.717) is 5.75 Å². The minimum atomic E-state index is 0.250. The number of aldehydes is 1. The molecule has 116 valence electrons. The Hall–Kier alpha value is -1.72. The van der Waals surface area contributed by atoms with Crippen molar-refractivity contribution in [3.05, 3.63) is 53.9 Å². The number of carbonyl (C=O) groups is 1. The summed E-state index contributed by atoms with van der Waals surface area (Å²) in [5.41, 5.74) is 0.750. The van der Waals surface area contributed by atoms with Crippen molar-refractivity contribution < 1.29 is 18.7 Å². The van der Waals surface area contributed by atoms with E-state index < -0.39 is 0 Å².